The molecule has 1 aromatic rings. The summed E-state index contributed by atoms with van der Waals surface area (Å²) in [5.41, 5.74) is 6.70. The minimum Gasteiger partial charge on any atom is -0.491 e. The number of nitrogens with two attached hydrogens (primary N) is 1. The van der Waals surface area contributed by atoms with E-state index in [-0.39, 0.29) is 30.5 Å². The van der Waals surface area contributed by atoms with Crippen LogP contribution in [0.5, 0.6) is 5.75 Å². The number of halogens is 1. The van der Waals surface area contributed by atoms with Crippen LogP contribution >= 0.6 is 12.4 Å². The maximum Gasteiger partial charge on any atom is 0.253 e. The number of carbonyl (C=O) groups excluding carboxylic acids is 1. The van der Waals surface area contributed by atoms with Crippen molar-refractivity contribution in [2.75, 3.05) is 26.8 Å². The second-order valence-electron chi connectivity index (χ2n) is 6.90. The van der Waals surface area contributed by atoms with E-state index in [4.69, 9.17) is 15.2 Å². The number of nitrogens with zero attached hydrogens (tertiary/aromatic N) is 1. The molecule has 25 heavy (non-hydrogen) atoms. The van der Waals surface area contributed by atoms with Crippen molar-refractivity contribution >= 4 is 18.3 Å². The highest BCUT2D eigenvalue weighted by Crippen LogP contribution is 2.18. The molecule has 1 fully saturated rings. The average Bonchev–Trinajstić information content (AvgIpc) is 3.10. The fourth-order valence-corrected chi connectivity index (χ4v) is 2.68. The molecule has 0 aromatic heterocycles. The highest BCUT2D eigenvalue weighted by Gasteiger charge is 2.17. The smallest absolute Gasteiger partial charge is 0.253 e. The zero-order valence-electron chi connectivity index (χ0n) is 15.4. The van der Waals surface area contributed by atoms with Crippen LogP contribution in [-0.2, 0) is 4.74 Å². The third-order valence-corrected chi connectivity index (χ3v) is 4.54. The van der Waals surface area contributed by atoms with E-state index in [1.807, 2.05) is 25.2 Å². The van der Waals surface area contributed by atoms with Gasteiger partial charge in [0.05, 0.1) is 6.10 Å². The quantitative estimate of drug-likeness (QED) is 0.763. The second kappa shape index (κ2) is 10.6. The van der Waals surface area contributed by atoms with Crippen molar-refractivity contribution in [3.05, 3.63) is 29.8 Å². The molecular formula is C19H31ClN2O3. The van der Waals surface area contributed by atoms with Gasteiger partial charge < -0.3 is 20.1 Å². The summed E-state index contributed by atoms with van der Waals surface area (Å²) in [4.78, 5) is 14.3. The lowest BCUT2D eigenvalue weighted by Gasteiger charge is -2.22. The predicted octanol–water partition coefficient (Wildman–Crippen LogP) is 3.11. The van der Waals surface area contributed by atoms with E-state index in [1.165, 1.54) is 0 Å². The molecule has 0 bridgehead atoms. The van der Waals surface area contributed by atoms with Crippen LogP contribution < -0.4 is 10.5 Å². The van der Waals surface area contributed by atoms with Crippen molar-refractivity contribution in [3.8, 4) is 5.75 Å². The normalized spacial score (nSPS) is 17.9. The Kier molecular flexibility index (Phi) is 9.25. The Balaban J connectivity index is 0.00000312. The Morgan fingerprint density at radius 3 is 2.84 bits per heavy atom. The van der Waals surface area contributed by atoms with Crippen molar-refractivity contribution in [2.24, 2.45) is 11.7 Å². The van der Waals surface area contributed by atoms with Crippen LogP contribution in [0.25, 0.3) is 0 Å². The van der Waals surface area contributed by atoms with Gasteiger partial charge in [-0.05, 0) is 43.4 Å². The first kappa shape index (κ1) is 21.7. The monoisotopic (exact) mass is 370 g/mol. The molecule has 0 saturated carbocycles. The van der Waals surface area contributed by atoms with Gasteiger partial charge in [0.15, 0.2) is 0 Å². The third-order valence-electron chi connectivity index (χ3n) is 4.54. The molecule has 6 heteroatoms. The minimum atomic E-state index is -0.00600. The minimum absolute atomic E-state index is 0. The molecular weight excluding hydrogens is 340 g/mol. The van der Waals surface area contributed by atoms with E-state index in [0.717, 1.165) is 25.9 Å². The molecule has 0 radical (unpaired) electrons. The largest absolute Gasteiger partial charge is 0.491 e. The zero-order chi connectivity index (χ0) is 17.5. The van der Waals surface area contributed by atoms with Crippen molar-refractivity contribution in [1.29, 1.82) is 0 Å². The maximum atomic E-state index is 12.5. The predicted molar refractivity (Wildman–Crippen MR) is 103 cm³/mol. The lowest BCUT2D eigenvalue weighted by Crippen LogP contribution is -2.34. The van der Waals surface area contributed by atoms with E-state index in [9.17, 15) is 4.79 Å². The standard InChI is InChI=1S/C19H30N2O3.ClH/c1-14(2)18(20)9-10-21(3)19(22)15-6-4-7-16(12-15)24-13-17-8-5-11-23-17;/h4,6-7,12,14,17-18H,5,8-11,13,20H2,1-3H3;1H. The first-order valence-corrected chi connectivity index (χ1v) is 8.83. The van der Waals surface area contributed by atoms with Gasteiger partial charge in [0.25, 0.3) is 5.91 Å². The Morgan fingerprint density at radius 2 is 2.20 bits per heavy atom. The summed E-state index contributed by atoms with van der Waals surface area (Å²) in [6.07, 6.45) is 3.10. The Bertz CT molecular complexity index is 533. The van der Waals surface area contributed by atoms with Gasteiger partial charge >= 0.3 is 0 Å². The molecule has 142 valence electrons. The molecule has 1 amide bonds. The van der Waals surface area contributed by atoms with E-state index in [0.29, 0.717) is 30.4 Å². The molecule has 1 aliphatic rings. The van der Waals surface area contributed by atoms with E-state index in [1.54, 1.807) is 11.0 Å². The highest BCUT2D eigenvalue weighted by atomic mass is 35.5. The summed E-state index contributed by atoms with van der Waals surface area (Å²) >= 11 is 0. The molecule has 2 N–H and O–H groups in total. The van der Waals surface area contributed by atoms with Gasteiger partial charge in [0.2, 0.25) is 0 Å². The van der Waals surface area contributed by atoms with Gasteiger partial charge in [-0.2, -0.15) is 0 Å². The molecule has 1 aromatic carbocycles. The van der Waals surface area contributed by atoms with Crippen LogP contribution in [0.1, 0.15) is 43.5 Å². The van der Waals surface area contributed by atoms with Gasteiger partial charge in [0.1, 0.15) is 12.4 Å². The van der Waals surface area contributed by atoms with Crippen molar-refractivity contribution in [2.45, 2.75) is 45.3 Å². The SMILES string of the molecule is CC(C)C(N)CCN(C)C(=O)c1cccc(OCC2CCCO2)c1.Cl. The molecule has 5 nitrogen and oxygen atoms in total. The van der Waals surface area contributed by atoms with Gasteiger partial charge in [-0.1, -0.05) is 19.9 Å². The molecule has 2 atom stereocenters. The summed E-state index contributed by atoms with van der Waals surface area (Å²) in [5, 5.41) is 0. The number of ether oxygens (including phenoxy) is 2. The van der Waals surface area contributed by atoms with Crippen LogP contribution in [-0.4, -0.2) is 49.8 Å². The van der Waals surface area contributed by atoms with E-state index >= 15 is 0 Å². The molecule has 0 aliphatic carbocycles. The highest BCUT2D eigenvalue weighted by molar-refractivity contribution is 5.94. The molecule has 1 heterocycles. The number of benzene rings is 1. The summed E-state index contributed by atoms with van der Waals surface area (Å²) < 4.78 is 11.3. The number of rotatable bonds is 8. The second-order valence-corrected chi connectivity index (χ2v) is 6.90. The summed E-state index contributed by atoms with van der Waals surface area (Å²) in [5.74, 6) is 1.13. The van der Waals surface area contributed by atoms with Crippen LogP contribution in [0.3, 0.4) is 0 Å². The lowest BCUT2D eigenvalue weighted by molar-refractivity contribution is 0.0678. The molecule has 1 aliphatic heterocycles. The van der Waals surface area contributed by atoms with Crippen LogP contribution in [0.2, 0.25) is 0 Å². The Hall–Kier alpha value is -1.30. The Morgan fingerprint density at radius 1 is 1.44 bits per heavy atom. The number of hydrogen-bond donors (Lipinski definition) is 1. The third kappa shape index (κ3) is 6.84. The summed E-state index contributed by atoms with van der Waals surface area (Å²) in [6.45, 7) is 6.20. The van der Waals surface area contributed by atoms with Crippen LogP contribution in [0.15, 0.2) is 24.3 Å². The van der Waals surface area contributed by atoms with E-state index in [2.05, 4.69) is 13.8 Å². The maximum absolute atomic E-state index is 12.5. The number of carbonyl (C=O) groups is 1. The molecule has 0 spiro atoms. The molecule has 2 unspecified atom stereocenters. The topological polar surface area (TPSA) is 64.8 Å². The van der Waals surface area contributed by atoms with Gasteiger partial charge in [-0.25, -0.2) is 0 Å². The lowest BCUT2D eigenvalue weighted by atomic mass is 10.0. The van der Waals surface area contributed by atoms with Gasteiger partial charge in [-0.3, -0.25) is 4.79 Å². The Labute approximate surface area is 157 Å². The summed E-state index contributed by atoms with van der Waals surface area (Å²) in [7, 11) is 1.81. The molecule has 2 rings (SSSR count). The van der Waals surface area contributed by atoms with Crippen molar-refractivity contribution in [1.82, 2.24) is 4.90 Å². The fourth-order valence-electron chi connectivity index (χ4n) is 2.68. The average molecular weight is 371 g/mol. The van der Waals surface area contributed by atoms with Crippen LogP contribution in [0, 0.1) is 5.92 Å². The van der Waals surface area contributed by atoms with Gasteiger partial charge in [0, 0.05) is 31.8 Å². The summed E-state index contributed by atoms with van der Waals surface area (Å²) in [6, 6.07) is 7.46. The van der Waals surface area contributed by atoms with Crippen molar-refractivity contribution < 1.29 is 14.3 Å². The van der Waals surface area contributed by atoms with Crippen LogP contribution in [0.4, 0.5) is 0 Å². The number of hydrogen-bond acceptors (Lipinski definition) is 4. The zero-order valence-corrected chi connectivity index (χ0v) is 16.3. The number of amides is 1. The van der Waals surface area contributed by atoms with E-state index < -0.39 is 0 Å². The first-order chi connectivity index (χ1) is 11.5. The van der Waals surface area contributed by atoms with Crippen molar-refractivity contribution in [3.63, 3.8) is 0 Å². The van der Waals surface area contributed by atoms with Gasteiger partial charge in [-0.15, -0.1) is 12.4 Å². The molecule has 1 saturated heterocycles. The fraction of sp³-hybridized carbons (Fsp3) is 0.632. The first-order valence-electron chi connectivity index (χ1n) is 8.83.